The fourth-order valence-corrected chi connectivity index (χ4v) is 3.70. The van der Waals surface area contributed by atoms with Gasteiger partial charge in [0.2, 0.25) is 5.91 Å². The van der Waals surface area contributed by atoms with Gasteiger partial charge < -0.3 is 4.42 Å². The minimum absolute atomic E-state index is 0.00384. The lowest BCUT2D eigenvalue weighted by Crippen LogP contribution is -2.35. The van der Waals surface area contributed by atoms with Gasteiger partial charge in [-0.2, -0.15) is 0 Å². The van der Waals surface area contributed by atoms with Crippen LogP contribution in [0.1, 0.15) is 44.8 Å². The molecule has 0 unspecified atom stereocenters. The van der Waals surface area contributed by atoms with Crippen molar-refractivity contribution in [1.29, 1.82) is 0 Å². The summed E-state index contributed by atoms with van der Waals surface area (Å²) in [5.41, 5.74) is 0.0539. The summed E-state index contributed by atoms with van der Waals surface area (Å²) in [4.78, 5) is 16.6. The molecule has 0 spiro atoms. The number of hydrogen-bond donors (Lipinski definition) is 1. The van der Waals surface area contributed by atoms with Gasteiger partial charge in [-0.05, 0) is 33.1 Å². The first-order valence-corrected chi connectivity index (χ1v) is 9.27. The monoisotopic (exact) mass is 324 g/mol. The Morgan fingerprint density at radius 2 is 2.14 bits per heavy atom. The number of rotatable bonds is 4. The number of carbonyl (C=O) groups is 1. The van der Waals surface area contributed by atoms with Crippen molar-refractivity contribution in [2.45, 2.75) is 39.0 Å². The van der Waals surface area contributed by atoms with Gasteiger partial charge in [0.1, 0.15) is 5.76 Å². The quantitative estimate of drug-likeness (QED) is 0.858. The highest BCUT2D eigenvalue weighted by atomic mass is 32.2. The maximum atomic E-state index is 12.5. The SMILES string of the molecule is CC(C)(C(=O)Nc1ncc(C2CC2)o1)C1=CCS(=O)(=O)CC1. The zero-order valence-corrected chi connectivity index (χ0v) is 13.6. The molecule has 1 aliphatic carbocycles. The van der Waals surface area contributed by atoms with E-state index >= 15 is 0 Å². The average molecular weight is 324 g/mol. The Morgan fingerprint density at radius 1 is 1.41 bits per heavy atom. The summed E-state index contributed by atoms with van der Waals surface area (Å²) in [6.07, 6.45) is 5.92. The Bertz CT molecular complexity index is 726. The smallest absolute Gasteiger partial charge is 0.301 e. The van der Waals surface area contributed by atoms with Gasteiger partial charge in [-0.15, -0.1) is 0 Å². The largest absolute Gasteiger partial charge is 0.428 e. The Hall–Kier alpha value is -1.63. The molecule has 1 amide bonds. The highest BCUT2D eigenvalue weighted by molar-refractivity contribution is 7.91. The molecule has 3 rings (SSSR count). The molecular formula is C15H20N2O4S. The van der Waals surface area contributed by atoms with Crippen molar-refractivity contribution in [1.82, 2.24) is 4.98 Å². The van der Waals surface area contributed by atoms with Crippen LogP contribution in [0.5, 0.6) is 0 Å². The van der Waals surface area contributed by atoms with E-state index in [1.54, 1.807) is 26.1 Å². The molecular weight excluding hydrogens is 304 g/mol. The number of amides is 1. The van der Waals surface area contributed by atoms with Crippen LogP contribution in [0.4, 0.5) is 6.01 Å². The van der Waals surface area contributed by atoms with Crippen LogP contribution in [0.25, 0.3) is 0 Å². The molecule has 2 heterocycles. The molecule has 2 aliphatic rings. The Labute approximate surface area is 129 Å². The predicted molar refractivity (Wildman–Crippen MR) is 82.2 cm³/mol. The fraction of sp³-hybridized carbons (Fsp3) is 0.600. The Balaban J connectivity index is 1.70. The van der Waals surface area contributed by atoms with Crippen molar-refractivity contribution in [2.75, 3.05) is 16.8 Å². The van der Waals surface area contributed by atoms with Gasteiger partial charge in [0, 0.05) is 5.92 Å². The number of nitrogens with zero attached hydrogens (tertiary/aromatic N) is 1. The predicted octanol–water partition coefficient (Wildman–Crippen LogP) is 2.26. The van der Waals surface area contributed by atoms with E-state index in [0.717, 1.165) is 24.2 Å². The molecule has 1 aliphatic heterocycles. The number of nitrogens with one attached hydrogen (secondary N) is 1. The fourth-order valence-electron chi connectivity index (χ4n) is 2.55. The van der Waals surface area contributed by atoms with Gasteiger partial charge in [-0.25, -0.2) is 13.4 Å². The first-order valence-electron chi connectivity index (χ1n) is 7.45. The standard InChI is InChI=1S/C15H20N2O4S/c1-15(2,11-5-7-22(19,20)8-6-11)13(18)17-14-16-9-12(21-14)10-3-4-10/h5,9-10H,3-4,6-8H2,1-2H3,(H,16,17,18). The Morgan fingerprint density at radius 3 is 2.73 bits per heavy atom. The average Bonchev–Trinajstić information content (AvgIpc) is 3.19. The first-order chi connectivity index (χ1) is 10.3. The van der Waals surface area contributed by atoms with Crippen LogP contribution in [0.3, 0.4) is 0 Å². The van der Waals surface area contributed by atoms with E-state index in [9.17, 15) is 13.2 Å². The van der Waals surface area contributed by atoms with Crippen LogP contribution in [-0.2, 0) is 14.6 Å². The highest BCUT2D eigenvalue weighted by Gasteiger charge is 2.35. The van der Waals surface area contributed by atoms with Crippen molar-refractivity contribution in [2.24, 2.45) is 5.41 Å². The number of anilines is 1. The molecule has 1 fully saturated rings. The molecule has 1 aromatic heterocycles. The molecule has 1 saturated carbocycles. The van der Waals surface area contributed by atoms with Gasteiger partial charge >= 0.3 is 6.01 Å². The minimum Gasteiger partial charge on any atom is -0.428 e. The zero-order valence-electron chi connectivity index (χ0n) is 12.8. The first kappa shape index (κ1) is 15.3. The summed E-state index contributed by atoms with van der Waals surface area (Å²) in [6.45, 7) is 3.58. The van der Waals surface area contributed by atoms with Crippen LogP contribution in [0.15, 0.2) is 22.3 Å². The van der Waals surface area contributed by atoms with Gasteiger partial charge in [0.25, 0.3) is 0 Å². The zero-order chi connectivity index (χ0) is 16.0. The number of sulfone groups is 1. The number of oxazole rings is 1. The molecule has 1 N–H and O–H groups in total. The van der Waals surface area contributed by atoms with Crippen molar-refractivity contribution in [3.8, 4) is 0 Å². The summed E-state index contributed by atoms with van der Waals surface area (Å²) in [5, 5.41) is 2.70. The molecule has 0 aromatic carbocycles. The molecule has 0 bridgehead atoms. The maximum Gasteiger partial charge on any atom is 0.301 e. The van der Waals surface area contributed by atoms with Gasteiger partial charge in [-0.3, -0.25) is 10.1 Å². The lowest BCUT2D eigenvalue weighted by Gasteiger charge is -2.28. The molecule has 1 aromatic rings. The molecule has 120 valence electrons. The molecule has 6 nitrogen and oxygen atoms in total. The van der Waals surface area contributed by atoms with Crippen LogP contribution < -0.4 is 5.32 Å². The van der Waals surface area contributed by atoms with Gasteiger partial charge in [0.05, 0.1) is 23.1 Å². The summed E-state index contributed by atoms with van der Waals surface area (Å²) in [5.74, 6) is 1.13. The molecule has 0 radical (unpaired) electrons. The van der Waals surface area contributed by atoms with Crippen LogP contribution in [0.2, 0.25) is 0 Å². The van der Waals surface area contributed by atoms with Crippen LogP contribution in [-0.4, -0.2) is 30.8 Å². The maximum absolute atomic E-state index is 12.5. The Kier molecular flexibility index (Phi) is 3.63. The molecule has 22 heavy (non-hydrogen) atoms. The van der Waals surface area contributed by atoms with E-state index in [-0.39, 0.29) is 23.4 Å². The van der Waals surface area contributed by atoms with Crippen molar-refractivity contribution in [3.05, 3.63) is 23.6 Å². The van der Waals surface area contributed by atoms with Crippen molar-refractivity contribution < 1.29 is 17.6 Å². The minimum atomic E-state index is -3.00. The normalized spacial score (nSPS) is 21.3. The number of hydrogen-bond acceptors (Lipinski definition) is 5. The molecule has 7 heteroatoms. The summed E-state index contributed by atoms with van der Waals surface area (Å²) < 4.78 is 28.5. The van der Waals surface area contributed by atoms with Crippen molar-refractivity contribution in [3.63, 3.8) is 0 Å². The lowest BCUT2D eigenvalue weighted by atomic mass is 9.81. The van der Waals surface area contributed by atoms with E-state index in [4.69, 9.17) is 4.42 Å². The number of carbonyl (C=O) groups excluding carboxylic acids is 1. The van der Waals surface area contributed by atoms with E-state index in [1.165, 1.54) is 0 Å². The van der Waals surface area contributed by atoms with E-state index < -0.39 is 15.3 Å². The van der Waals surface area contributed by atoms with E-state index in [2.05, 4.69) is 10.3 Å². The van der Waals surface area contributed by atoms with Gasteiger partial charge in [-0.1, -0.05) is 11.6 Å². The van der Waals surface area contributed by atoms with Crippen LogP contribution >= 0.6 is 0 Å². The molecule has 0 atom stereocenters. The second-order valence-corrected chi connectivity index (χ2v) is 8.74. The third-order valence-electron chi connectivity index (χ3n) is 4.36. The third-order valence-corrected chi connectivity index (χ3v) is 5.86. The third kappa shape index (κ3) is 3.09. The van der Waals surface area contributed by atoms with E-state index in [1.807, 2.05) is 0 Å². The number of aromatic nitrogens is 1. The van der Waals surface area contributed by atoms with E-state index in [0.29, 0.717) is 12.3 Å². The second kappa shape index (κ2) is 5.22. The summed E-state index contributed by atoms with van der Waals surface area (Å²) in [6, 6.07) is 0.212. The molecule has 0 saturated heterocycles. The lowest BCUT2D eigenvalue weighted by molar-refractivity contribution is -0.122. The van der Waals surface area contributed by atoms with Gasteiger partial charge in [0.15, 0.2) is 9.84 Å². The van der Waals surface area contributed by atoms with Crippen LogP contribution in [0, 0.1) is 5.41 Å². The summed E-state index contributed by atoms with van der Waals surface area (Å²) >= 11 is 0. The topological polar surface area (TPSA) is 89.3 Å². The highest BCUT2D eigenvalue weighted by Crippen LogP contribution is 2.41. The van der Waals surface area contributed by atoms with Crippen molar-refractivity contribution >= 4 is 21.8 Å². The second-order valence-electron chi connectivity index (χ2n) is 6.51. The summed E-state index contributed by atoms with van der Waals surface area (Å²) in [7, 11) is -3.00.